The van der Waals surface area contributed by atoms with Gasteiger partial charge in [-0.2, -0.15) is 0 Å². The van der Waals surface area contributed by atoms with E-state index in [1.807, 2.05) is 4.90 Å². The number of likely N-dealkylation sites (tertiary alicyclic amines) is 1. The van der Waals surface area contributed by atoms with Crippen LogP contribution in [-0.4, -0.2) is 35.1 Å². The Hall–Kier alpha value is -2.46. The highest BCUT2D eigenvalue weighted by atomic mass is 35.5. The predicted octanol–water partition coefficient (Wildman–Crippen LogP) is 4.23. The molecule has 1 amide bonds. The first-order valence-corrected chi connectivity index (χ1v) is 9.20. The van der Waals surface area contributed by atoms with Crippen LogP contribution in [0.4, 0.5) is 0 Å². The van der Waals surface area contributed by atoms with Crippen LogP contribution in [0.3, 0.4) is 0 Å². The molecule has 0 aliphatic carbocycles. The fraction of sp³-hybridized carbons (Fsp3) is 0.286. The van der Waals surface area contributed by atoms with E-state index >= 15 is 0 Å². The Bertz CT molecular complexity index is 933. The topological polar surface area (TPSA) is 34.5 Å². The van der Waals surface area contributed by atoms with Gasteiger partial charge in [-0.1, -0.05) is 29.8 Å². The van der Waals surface area contributed by atoms with Gasteiger partial charge < -0.3 is 14.2 Å². The molecule has 1 aliphatic heterocycles. The van der Waals surface area contributed by atoms with E-state index in [1.54, 1.807) is 24.3 Å². The summed E-state index contributed by atoms with van der Waals surface area (Å²) in [7, 11) is 2.10. The fourth-order valence-electron chi connectivity index (χ4n) is 3.70. The molecule has 2 heterocycles. The SMILES string of the molecule is Cn1c(C2CCN(C(=O)COc3ccc(Cl)cc3)C2)cc2ccccc21. The van der Waals surface area contributed by atoms with Crippen molar-refractivity contribution in [3.8, 4) is 5.75 Å². The monoisotopic (exact) mass is 368 g/mol. The second kappa shape index (κ2) is 7.04. The Morgan fingerprint density at radius 2 is 1.96 bits per heavy atom. The van der Waals surface area contributed by atoms with Gasteiger partial charge in [-0.3, -0.25) is 4.79 Å². The Morgan fingerprint density at radius 3 is 2.73 bits per heavy atom. The van der Waals surface area contributed by atoms with Crippen LogP contribution in [0.15, 0.2) is 54.6 Å². The first kappa shape index (κ1) is 17.0. The Labute approximate surface area is 157 Å². The van der Waals surface area contributed by atoms with Gasteiger partial charge in [0.2, 0.25) is 0 Å². The molecule has 1 unspecified atom stereocenters. The summed E-state index contributed by atoms with van der Waals surface area (Å²) in [5.74, 6) is 1.06. The van der Waals surface area contributed by atoms with Crippen LogP contribution >= 0.6 is 11.6 Å². The molecule has 26 heavy (non-hydrogen) atoms. The molecule has 0 spiro atoms. The highest BCUT2D eigenvalue weighted by molar-refractivity contribution is 6.30. The van der Waals surface area contributed by atoms with E-state index < -0.39 is 0 Å². The summed E-state index contributed by atoms with van der Waals surface area (Å²) in [6.45, 7) is 1.57. The molecule has 0 saturated carbocycles. The largest absolute Gasteiger partial charge is 0.484 e. The number of carbonyl (C=O) groups is 1. The third-order valence-electron chi connectivity index (χ3n) is 5.12. The van der Waals surface area contributed by atoms with Crippen LogP contribution in [0, 0.1) is 0 Å². The number of aromatic nitrogens is 1. The number of para-hydroxylation sites is 1. The Morgan fingerprint density at radius 1 is 1.19 bits per heavy atom. The van der Waals surface area contributed by atoms with Crippen molar-refractivity contribution in [3.63, 3.8) is 0 Å². The predicted molar refractivity (Wildman–Crippen MR) is 104 cm³/mol. The molecule has 2 aromatic carbocycles. The molecule has 5 heteroatoms. The van der Waals surface area contributed by atoms with Gasteiger partial charge >= 0.3 is 0 Å². The summed E-state index contributed by atoms with van der Waals surface area (Å²) < 4.78 is 7.84. The normalized spacial score (nSPS) is 17.0. The molecule has 1 saturated heterocycles. The molecule has 0 bridgehead atoms. The van der Waals surface area contributed by atoms with E-state index in [-0.39, 0.29) is 12.5 Å². The molecule has 1 fully saturated rings. The molecule has 1 aromatic heterocycles. The van der Waals surface area contributed by atoms with Crippen molar-refractivity contribution in [1.82, 2.24) is 9.47 Å². The third-order valence-corrected chi connectivity index (χ3v) is 5.38. The zero-order chi connectivity index (χ0) is 18.1. The van der Waals surface area contributed by atoms with E-state index in [2.05, 4.69) is 41.9 Å². The highest BCUT2D eigenvalue weighted by Crippen LogP contribution is 2.31. The van der Waals surface area contributed by atoms with Gasteiger partial charge in [-0.25, -0.2) is 0 Å². The Balaban J connectivity index is 1.40. The average molecular weight is 369 g/mol. The number of halogens is 1. The first-order chi connectivity index (χ1) is 12.6. The molecule has 4 nitrogen and oxygen atoms in total. The van der Waals surface area contributed by atoms with Gasteiger partial charge in [0.25, 0.3) is 5.91 Å². The average Bonchev–Trinajstić information content (AvgIpc) is 3.26. The van der Waals surface area contributed by atoms with Gasteiger partial charge in [0.15, 0.2) is 6.61 Å². The number of hydrogen-bond donors (Lipinski definition) is 0. The number of amides is 1. The second-order valence-electron chi connectivity index (χ2n) is 6.75. The molecule has 0 N–H and O–H groups in total. The summed E-state index contributed by atoms with van der Waals surface area (Å²) in [6.07, 6.45) is 0.983. The van der Waals surface area contributed by atoms with Crippen LogP contribution in [0.1, 0.15) is 18.0 Å². The lowest BCUT2D eigenvalue weighted by atomic mass is 10.0. The van der Waals surface area contributed by atoms with Crippen molar-refractivity contribution in [1.29, 1.82) is 0 Å². The maximum Gasteiger partial charge on any atom is 0.260 e. The molecular formula is C21H21ClN2O2. The number of aryl methyl sites for hydroxylation is 1. The quantitative estimate of drug-likeness (QED) is 0.690. The van der Waals surface area contributed by atoms with Crippen LogP contribution < -0.4 is 4.74 Å². The molecule has 1 atom stereocenters. The minimum atomic E-state index is 0.0289. The number of hydrogen-bond acceptors (Lipinski definition) is 2. The summed E-state index contributed by atoms with van der Waals surface area (Å²) in [5, 5.41) is 1.90. The van der Waals surface area contributed by atoms with Crippen molar-refractivity contribution in [2.75, 3.05) is 19.7 Å². The minimum Gasteiger partial charge on any atom is -0.484 e. The van der Waals surface area contributed by atoms with E-state index in [0.29, 0.717) is 16.7 Å². The first-order valence-electron chi connectivity index (χ1n) is 8.82. The number of nitrogens with zero attached hydrogens (tertiary/aromatic N) is 2. The van der Waals surface area contributed by atoms with Gasteiger partial charge in [-0.05, 0) is 48.2 Å². The highest BCUT2D eigenvalue weighted by Gasteiger charge is 2.29. The van der Waals surface area contributed by atoms with Crippen LogP contribution in [-0.2, 0) is 11.8 Å². The van der Waals surface area contributed by atoms with Gasteiger partial charge in [0, 0.05) is 42.3 Å². The van der Waals surface area contributed by atoms with Crippen LogP contribution in [0.2, 0.25) is 5.02 Å². The number of ether oxygens (including phenoxy) is 1. The molecule has 3 aromatic rings. The van der Waals surface area contributed by atoms with Crippen molar-refractivity contribution in [3.05, 3.63) is 65.3 Å². The summed E-state index contributed by atoms with van der Waals surface area (Å²) >= 11 is 5.86. The summed E-state index contributed by atoms with van der Waals surface area (Å²) in [4.78, 5) is 14.4. The van der Waals surface area contributed by atoms with Crippen LogP contribution in [0.5, 0.6) is 5.75 Å². The van der Waals surface area contributed by atoms with Gasteiger partial charge in [0.1, 0.15) is 5.75 Å². The third kappa shape index (κ3) is 3.29. The van der Waals surface area contributed by atoms with Crippen molar-refractivity contribution < 1.29 is 9.53 Å². The van der Waals surface area contributed by atoms with E-state index in [0.717, 1.165) is 19.5 Å². The molecular weight excluding hydrogens is 348 g/mol. The molecule has 134 valence electrons. The Kier molecular flexibility index (Phi) is 4.60. The summed E-state index contributed by atoms with van der Waals surface area (Å²) in [5.41, 5.74) is 2.53. The summed E-state index contributed by atoms with van der Waals surface area (Å²) in [6, 6.07) is 17.7. The van der Waals surface area contributed by atoms with E-state index in [4.69, 9.17) is 16.3 Å². The minimum absolute atomic E-state index is 0.0289. The molecule has 0 radical (unpaired) electrons. The lowest BCUT2D eigenvalue weighted by molar-refractivity contribution is -0.132. The van der Waals surface area contributed by atoms with Crippen LogP contribution in [0.25, 0.3) is 10.9 Å². The molecule has 4 rings (SSSR count). The fourth-order valence-corrected chi connectivity index (χ4v) is 3.82. The number of benzene rings is 2. The van der Waals surface area contributed by atoms with E-state index in [9.17, 15) is 4.79 Å². The zero-order valence-electron chi connectivity index (χ0n) is 14.7. The van der Waals surface area contributed by atoms with Gasteiger partial charge in [-0.15, -0.1) is 0 Å². The standard InChI is InChI=1S/C21H21ClN2O2/c1-23-19-5-3-2-4-15(19)12-20(23)16-10-11-24(13-16)21(25)14-26-18-8-6-17(22)7-9-18/h2-9,12,16H,10-11,13-14H2,1H3. The van der Waals surface area contributed by atoms with Crippen molar-refractivity contribution in [2.45, 2.75) is 12.3 Å². The smallest absolute Gasteiger partial charge is 0.260 e. The lowest BCUT2D eigenvalue weighted by Crippen LogP contribution is -2.33. The maximum atomic E-state index is 12.5. The van der Waals surface area contributed by atoms with Crippen molar-refractivity contribution in [2.24, 2.45) is 7.05 Å². The number of carbonyl (C=O) groups excluding carboxylic acids is 1. The zero-order valence-corrected chi connectivity index (χ0v) is 15.4. The molecule has 1 aliphatic rings. The van der Waals surface area contributed by atoms with Crippen molar-refractivity contribution >= 4 is 28.4 Å². The van der Waals surface area contributed by atoms with Gasteiger partial charge in [0.05, 0.1) is 0 Å². The lowest BCUT2D eigenvalue weighted by Gasteiger charge is -2.17. The maximum absolute atomic E-state index is 12.5. The second-order valence-corrected chi connectivity index (χ2v) is 7.19. The number of fused-ring (bicyclic) bond motifs is 1. The van der Waals surface area contributed by atoms with E-state index in [1.165, 1.54) is 16.6 Å². The number of rotatable bonds is 4.